The maximum absolute atomic E-state index is 13.3. The van der Waals surface area contributed by atoms with E-state index in [2.05, 4.69) is 15.5 Å². The number of urea groups is 1. The number of carbonyl (C=O) groups excluding carboxylic acids is 1. The first-order chi connectivity index (χ1) is 14.2. The highest BCUT2D eigenvalue weighted by molar-refractivity contribution is 5.76. The Kier molecular flexibility index (Phi) is 3.96. The van der Waals surface area contributed by atoms with Gasteiger partial charge in [0.15, 0.2) is 0 Å². The molecule has 0 radical (unpaired) electrons. The second kappa shape index (κ2) is 6.57. The molecule has 4 saturated carbocycles. The van der Waals surface area contributed by atoms with Crippen LogP contribution in [0.3, 0.4) is 0 Å². The van der Waals surface area contributed by atoms with Crippen LogP contribution in [0.2, 0.25) is 0 Å². The van der Waals surface area contributed by atoms with E-state index in [1.54, 1.807) is 0 Å². The Morgan fingerprint density at radius 1 is 1.07 bits per heavy atom. The van der Waals surface area contributed by atoms with Gasteiger partial charge in [-0.3, -0.25) is 0 Å². The van der Waals surface area contributed by atoms with Gasteiger partial charge in [0.1, 0.15) is 6.04 Å². The van der Waals surface area contributed by atoms with Crippen molar-refractivity contribution in [3.05, 3.63) is 36.2 Å². The standard InChI is InChI=1S/C23H28N4O2/c28-22(25-23-12-15-9-16(13-23)11-17(10-15)14-23)27-8-4-7-19(27)21-24-20(26-29-21)18-5-2-1-3-6-18/h1-3,5-6,15-17,19H,4,7-14H2,(H,25,28)/t15?,16?,17?,19-,23?/m1/s1. The van der Waals surface area contributed by atoms with Crippen molar-refractivity contribution in [2.45, 2.75) is 62.9 Å². The average Bonchev–Trinajstić information content (AvgIpc) is 3.37. The maximum atomic E-state index is 13.3. The lowest BCUT2D eigenvalue weighted by atomic mass is 9.53. The van der Waals surface area contributed by atoms with E-state index in [1.807, 2.05) is 35.2 Å². The third-order valence-corrected chi connectivity index (χ3v) is 7.68. The van der Waals surface area contributed by atoms with Crippen molar-refractivity contribution in [1.82, 2.24) is 20.4 Å². The van der Waals surface area contributed by atoms with Gasteiger partial charge in [-0.15, -0.1) is 0 Å². The predicted octanol–water partition coefficient (Wildman–Crippen LogP) is 4.55. The molecular formula is C23H28N4O2. The number of hydrogen-bond donors (Lipinski definition) is 1. The molecule has 5 aliphatic rings. The fourth-order valence-electron chi connectivity index (χ4n) is 6.90. The summed E-state index contributed by atoms with van der Waals surface area (Å²) in [6.07, 6.45) is 9.50. The Hall–Kier alpha value is -2.37. The van der Waals surface area contributed by atoms with Crippen LogP contribution in [0.1, 0.15) is 63.3 Å². The molecule has 1 aromatic heterocycles. The third kappa shape index (κ3) is 3.04. The number of carbonyl (C=O) groups is 1. The van der Waals surface area contributed by atoms with Crippen molar-refractivity contribution in [3.8, 4) is 11.4 Å². The minimum absolute atomic E-state index is 0.0308. The summed E-state index contributed by atoms with van der Waals surface area (Å²) in [6, 6.07) is 9.79. The van der Waals surface area contributed by atoms with Gasteiger partial charge in [-0.2, -0.15) is 4.98 Å². The molecule has 4 bridgehead atoms. The third-order valence-electron chi connectivity index (χ3n) is 7.68. The topological polar surface area (TPSA) is 71.3 Å². The summed E-state index contributed by atoms with van der Waals surface area (Å²) in [6.45, 7) is 0.756. The van der Waals surface area contributed by atoms with Crippen molar-refractivity contribution in [2.24, 2.45) is 17.8 Å². The van der Waals surface area contributed by atoms with E-state index in [-0.39, 0.29) is 17.6 Å². The van der Waals surface area contributed by atoms with Crippen LogP contribution >= 0.6 is 0 Å². The first-order valence-corrected chi connectivity index (χ1v) is 11.2. The SMILES string of the molecule is O=C(NC12CC3CC(CC(C3)C1)C2)N1CCC[C@@H]1c1nc(-c2ccccc2)no1. The molecule has 1 aliphatic heterocycles. The van der Waals surface area contributed by atoms with Gasteiger partial charge in [-0.1, -0.05) is 35.5 Å². The highest BCUT2D eigenvalue weighted by Crippen LogP contribution is 2.55. The van der Waals surface area contributed by atoms with Crippen molar-refractivity contribution < 1.29 is 9.32 Å². The molecule has 1 N–H and O–H groups in total. The molecule has 2 amide bonds. The summed E-state index contributed by atoms with van der Waals surface area (Å²) in [7, 11) is 0. The molecule has 6 nitrogen and oxygen atoms in total. The highest BCUT2D eigenvalue weighted by atomic mass is 16.5. The van der Waals surface area contributed by atoms with E-state index in [4.69, 9.17) is 4.52 Å². The number of likely N-dealkylation sites (tertiary alicyclic amines) is 1. The summed E-state index contributed by atoms with van der Waals surface area (Å²) in [5, 5.41) is 7.66. The summed E-state index contributed by atoms with van der Waals surface area (Å²) < 4.78 is 5.59. The minimum atomic E-state index is -0.117. The zero-order chi connectivity index (χ0) is 19.4. The molecule has 1 saturated heterocycles. The molecular weight excluding hydrogens is 364 g/mol. The lowest BCUT2D eigenvalue weighted by Crippen LogP contribution is -2.61. The molecule has 0 unspecified atom stereocenters. The summed E-state index contributed by atoms with van der Waals surface area (Å²) in [5.74, 6) is 3.61. The summed E-state index contributed by atoms with van der Waals surface area (Å²) in [5.41, 5.74) is 0.966. The Bertz CT molecular complexity index is 873. The van der Waals surface area contributed by atoms with Crippen LogP contribution in [0.4, 0.5) is 4.79 Å². The van der Waals surface area contributed by atoms with E-state index in [0.717, 1.165) is 42.7 Å². The highest BCUT2D eigenvalue weighted by Gasteiger charge is 2.52. The van der Waals surface area contributed by atoms with Crippen LogP contribution in [0.5, 0.6) is 0 Å². The van der Waals surface area contributed by atoms with Crippen LogP contribution in [0.25, 0.3) is 11.4 Å². The number of rotatable bonds is 3. The summed E-state index contributed by atoms with van der Waals surface area (Å²) >= 11 is 0. The molecule has 2 heterocycles. The Balaban J connectivity index is 1.20. The van der Waals surface area contributed by atoms with Crippen molar-refractivity contribution in [2.75, 3.05) is 6.54 Å². The maximum Gasteiger partial charge on any atom is 0.318 e. The number of nitrogens with zero attached hydrogens (tertiary/aromatic N) is 3. The zero-order valence-corrected chi connectivity index (χ0v) is 16.7. The fourth-order valence-corrected chi connectivity index (χ4v) is 6.90. The van der Waals surface area contributed by atoms with Gasteiger partial charge in [0.25, 0.3) is 0 Å². The smallest absolute Gasteiger partial charge is 0.318 e. The normalized spacial score (nSPS) is 35.2. The molecule has 152 valence electrons. The molecule has 2 aromatic rings. The number of hydrogen-bond acceptors (Lipinski definition) is 4. The first kappa shape index (κ1) is 17.5. The number of aromatic nitrogens is 2. The van der Waals surface area contributed by atoms with E-state index in [1.165, 1.54) is 38.5 Å². The number of amides is 2. The lowest BCUT2D eigenvalue weighted by Gasteiger charge is -2.57. The van der Waals surface area contributed by atoms with Crippen LogP contribution < -0.4 is 5.32 Å². The molecule has 6 heteroatoms. The second-order valence-corrected chi connectivity index (χ2v) is 9.80. The van der Waals surface area contributed by atoms with Crippen LogP contribution in [-0.2, 0) is 0 Å². The van der Waals surface area contributed by atoms with Crippen molar-refractivity contribution in [3.63, 3.8) is 0 Å². The van der Waals surface area contributed by atoms with E-state index in [0.29, 0.717) is 11.7 Å². The molecule has 29 heavy (non-hydrogen) atoms. The lowest BCUT2D eigenvalue weighted by molar-refractivity contribution is -0.0160. The van der Waals surface area contributed by atoms with E-state index >= 15 is 0 Å². The van der Waals surface area contributed by atoms with Gasteiger partial charge >= 0.3 is 6.03 Å². The number of nitrogens with one attached hydrogen (secondary N) is 1. The molecule has 1 atom stereocenters. The molecule has 0 spiro atoms. The van der Waals surface area contributed by atoms with Crippen molar-refractivity contribution in [1.29, 1.82) is 0 Å². The van der Waals surface area contributed by atoms with Crippen LogP contribution in [-0.4, -0.2) is 33.2 Å². The van der Waals surface area contributed by atoms with Gasteiger partial charge in [-0.05, 0) is 69.1 Å². The van der Waals surface area contributed by atoms with Gasteiger partial charge < -0.3 is 14.7 Å². The predicted molar refractivity (Wildman–Crippen MR) is 108 cm³/mol. The van der Waals surface area contributed by atoms with E-state index in [9.17, 15) is 4.79 Å². The van der Waals surface area contributed by atoms with Gasteiger partial charge in [0.05, 0.1) is 0 Å². The molecule has 7 rings (SSSR count). The monoisotopic (exact) mass is 392 g/mol. The minimum Gasteiger partial charge on any atom is -0.337 e. The van der Waals surface area contributed by atoms with Crippen molar-refractivity contribution >= 4 is 6.03 Å². The largest absolute Gasteiger partial charge is 0.337 e. The van der Waals surface area contributed by atoms with E-state index < -0.39 is 0 Å². The Morgan fingerprint density at radius 2 is 1.76 bits per heavy atom. The molecule has 5 fully saturated rings. The van der Waals surface area contributed by atoms with Gasteiger partial charge in [0.2, 0.25) is 11.7 Å². The van der Waals surface area contributed by atoms with Crippen LogP contribution in [0.15, 0.2) is 34.9 Å². The summed E-state index contributed by atoms with van der Waals surface area (Å²) in [4.78, 5) is 19.9. The number of benzene rings is 1. The van der Waals surface area contributed by atoms with Gasteiger partial charge in [-0.25, -0.2) is 4.79 Å². The molecule has 4 aliphatic carbocycles. The Morgan fingerprint density at radius 3 is 2.45 bits per heavy atom. The second-order valence-electron chi connectivity index (χ2n) is 9.80. The Labute approximate surface area is 171 Å². The quantitative estimate of drug-likeness (QED) is 0.832. The molecule has 1 aromatic carbocycles. The zero-order valence-electron chi connectivity index (χ0n) is 16.7. The first-order valence-electron chi connectivity index (χ1n) is 11.2. The fraction of sp³-hybridized carbons (Fsp3) is 0.609. The average molecular weight is 393 g/mol. The van der Waals surface area contributed by atoms with Crippen LogP contribution in [0, 0.1) is 17.8 Å². The van der Waals surface area contributed by atoms with Gasteiger partial charge in [0, 0.05) is 17.6 Å².